The van der Waals surface area contributed by atoms with Crippen molar-refractivity contribution in [3.63, 3.8) is 0 Å². The molecule has 2 aromatic rings. The molecule has 21 heavy (non-hydrogen) atoms. The van der Waals surface area contributed by atoms with Crippen LogP contribution >= 0.6 is 11.3 Å². The summed E-state index contributed by atoms with van der Waals surface area (Å²) < 4.78 is 10.2. The van der Waals surface area contributed by atoms with E-state index >= 15 is 0 Å². The summed E-state index contributed by atoms with van der Waals surface area (Å²) in [5.41, 5.74) is 0.518. The number of hydrogen-bond acceptors (Lipinski definition) is 5. The Balaban J connectivity index is 1.84. The summed E-state index contributed by atoms with van der Waals surface area (Å²) in [5.74, 6) is -0.187. The van der Waals surface area contributed by atoms with Crippen molar-refractivity contribution in [2.45, 2.75) is 26.8 Å². The lowest BCUT2D eigenvalue weighted by Crippen LogP contribution is -2.31. The van der Waals surface area contributed by atoms with E-state index in [0.717, 1.165) is 9.75 Å². The molecule has 1 atom stereocenters. The third-order valence-corrected chi connectivity index (χ3v) is 3.91. The molecule has 112 valence electrons. The number of thiophene rings is 1. The molecular formula is C15H17NO4S. The van der Waals surface area contributed by atoms with Crippen LogP contribution in [0.4, 0.5) is 0 Å². The smallest absolute Gasteiger partial charge is 0.339 e. The fourth-order valence-electron chi connectivity index (χ4n) is 1.93. The zero-order valence-electron chi connectivity index (χ0n) is 12.1. The second-order valence-corrected chi connectivity index (χ2v) is 6.17. The minimum absolute atomic E-state index is 0.267. The molecule has 0 aromatic carbocycles. The number of aryl methyl sites for hydroxylation is 2. The number of rotatable bonds is 5. The number of ether oxygens (including phenoxy) is 1. The third kappa shape index (κ3) is 3.95. The Morgan fingerprint density at radius 3 is 2.76 bits per heavy atom. The van der Waals surface area contributed by atoms with Crippen LogP contribution in [0.1, 0.15) is 38.8 Å². The summed E-state index contributed by atoms with van der Waals surface area (Å²) in [5, 5.41) is 2.70. The molecule has 0 saturated carbocycles. The molecule has 0 fully saturated rings. The van der Waals surface area contributed by atoms with Gasteiger partial charge in [0.2, 0.25) is 0 Å². The molecule has 5 nitrogen and oxygen atoms in total. The van der Waals surface area contributed by atoms with E-state index in [9.17, 15) is 9.59 Å². The minimum atomic E-state index is -0.474. The van der Waals surface area contributed by atoms with Gasteiger partial charge in [-0.2, -0.15) is 0 Å². The van der Waals surface area contributed by atoms with Crippen molar-refractivity contribution >= 4 is 23.2 Å². The second kappa shape index (κ2) is 6.58. The van der Waals surface area contributed by atoms with Crippen molar-refractivity contribution < 1.29 is 18.7 Å². The molecule has 0 unspecified atom stereocenters. The van der Waals surface area contributed by atoms with Gasteiger partial charge in [0.15, 0.2) is 6.61 Å². The average Bonchev–Trinajstić information content (AvgIpc) is 3.05. The largest absolute Gasteiger partial charge is 0.467 e. The first-order valence-electron chi connectivity index (χ1n) is 6.54. The topological polar surface area (TPSA) is 68.5 Å². The number of carbonyl (C=O) groups is 2. The molecule has 2 rings (SSSR count). The molecule has 0 bridgehead atoms. The summed E-state index contributed by atoms with van der Waals surface area (Å²) in [6.07, 6.45) is 1.54. The molecule has 0 aliphatic carbocycles. The van der Waals surface area contributed by atoms with Gasteiger partial charge in [-0.05, 0) is 39.0 Å². The SMILES string of the molecule is Cc1cc(C(=O)OCC(=O)N[C@H](C)c2ccco2)c(C)s1. The summed E-state index contributed by atoms with van der Waals surface area (Å²) >= 11 is 1.53. The van der Waals surface area contributed by atoms with E-state index in [4.69, 9.17) is 9.15 Å². The van der Waals surface area contributed by atoms with Crippen LogP contribution < -0.4 is 5.32 Å². The zero-order chi connectivity index (χ0) is 15.4. The third-order valence-electron chi connectivity index (χ3n) is 2.94. The van der Waals surface area contributed by atoms with Gasteiger partial charge in [0.05, 0.1) is 17.9 Å². The normalized spacial score (nSPS) is 12.0. The van der Waals surface area contributed by atoms with Crippen molar-refractivity contribution in [1.82, 2.24) is 5.32 Å². The highest BCUT2D eigenvalue weighted by atomic mass is 32.1. The lowest BCUT2D eigenvalue weighted by molar-refractivity contribution is -0.125. The van der Waals surface area contributed by atoms with E-state index in [1.807, 2.05) is 13.8 Å². The number of amides is 1. The van der Waals surface area contributed by atoms with Crippen molar-refractivity contribution in [3.8, 4) is 0 Å². The number of nitrogens with one attached hydrogen (secondary N) is 1. The number of furan rings is 1. The van der Waals surface area contributed by atoms with Crippen LogP contribution in [0.15, 0.2) is 28.9 Å². The maximum Gasteiger partial charge on any atom is 0.339 e. The first kappa shape index (κ1) is 15.3. The average molecular weight is 307 g/mol. The van der Waals surface area contributed by atoms with E-state index in [1.54, 1.807) is 31.4 Å². The lowest BCUT2D eigenvalue weighted by atomic mass is 10.2. The number of carbonyl (C=O) groups excluding carboxylic acids is 2. The van der Waals surface area contributed by atoms with Crippen LogP contribution in [-0.4, -0.2) is 18.5 Å². The molecule has 0 saturated heterocycles. The molecule has 2 aromatic heterocycles. The Morgan fingerprint density at radius 2 is 2.19 bits per heavy atom. The Morgan fingerprint density at radius 1 is 1.43 bits per heavy atom. The monoisotopic (exact) mass is 307 g/mol. The first-order valence-corrected chi connectivity index (χ1v) is 7.36. The van der Waals surface area contributed by atoms with Crippen LogP contribution in [0.5, 0.6) is 0 Å². The van der Waals surface area contributed by atoms with Crippen LogP contribution in [0.25, 0.3) is 0 Å². The Hall–Kier alpha value is -2.08. The molecule has 1 amide bonds. The van der Waals surface area contributed by atoms with Gasteiger partial charge in [-0.25, -0.2) is 4.79 Å². The highest BCUT2D eigenvalue weighted by molar-refractivity contribution is 7.12. The van der Waals surface area contributed by atoms with Crippen LogP contribution in [0.3, 0.4) is 0 Å². The van der Waals surface area contributed by atoms with Crippen molar-refractivity contribution in [1.29, 1.82) is 0 Å². The molecule has 0 spiro atoms. The van der Waals surface area contributed by atoms with Gasteiger partial charge in [-0.1, -0.05) is 0 Å². The van der Waals surface area contributed by atoms with Crippen LogP contribution in [0, 0.1) is 13.8 Å². The summed E-state index contributed by atoms with van der Waals surface area (Å²) in [6, 6.07) is 5.02. The van der Waals surface area contributed by atoms with Gasteiger partial charge >= 0.3 is 5.97 Å². The van der Waals surface area contributed by atoms with Crippen molar-refractivity contribution in [2.75, 3.05) is 6.61 Å². The highest BCUT2D eigenvalue weighted by Crippen LogP contribution is 2.21. The number of hydrogen-bond donors (Lipinski definition) is 1. The van der Waals surface area contributed by atoms with Gasteiger partial charge in [-0.3, -0.25) is 4.79 Å². The Labute approximate surface area is 126 Å². The second-order valence-electron chi connectivity index (χ2n) is 4.71. The standard InChI is InChI=1S/C15H17NO4S/c1-9-7-12(11(3)21-9)15(18)20-8-14(17)16-10(2)13-5-4-6-19-13/h4-7,10H,8H2,1-3H3,(H,16,17)/t10-/m1/s1. The summed E-state index contributed by atoms with van der Waals surface area (Å²) in [7, 11) is 0. The van der Waals surface area contributed by atoms with E-state index < -0.39 is 5.97 Å². The predicted octanol–water partition coefficient (Wildman–Crippen LogP) is 2.99. The maximum atomic E-state index is 11.9. The van der Waals surface area contributed by atoms with Crippen molar-refractivity contribution in [3.05, 3.63) is 45.5 Å². The molecule has 1 N–H and O–H groups in total. The molecule has 0 radical (unpaired) electrons. The van der Waals surface area contributed by atoms with Gasteiger partial charge in [0.1, 0.15) is 5.76 Å². The van der Waals surface area contributed by atoms with Crippen LogP contribution in [-0.2, 0) is 9.53 Å². The van der Waals surface area contributed by atoms with E-state index in [-0.39, 0.29) is 18.6 Å². The van der Waals surface area contributed by atoms with Crippen LogP contribution in [0.2, 0.25) is 0 Å². The zero-order valence-corrected chi connectivity index (χ0v) is 13.0. The fraction of sp³-hybridized carbons (Fsp3) is 0.333. The molecule has 0 aliphatic heterocycles. The number of esters is 1. The Bertz CT molecular complexity index is 630. The summed E-state index contributed by atoms with van der Waals surface area (Å²) in [6.45, 7) is 5.27. The van der Waals surface area contributed by atoms with E-state index in [2.05, 4.69) is 5.32 Å². The van der Waals surface area contributed by atoms with Crippen molar-refractivity contribution in [2.24, 2.45) is 0 Å². The van der Waals surface area contributed by atoms with Gasteiger partial charge in [0, 0.05) is 9.75 Å². The summed E-state index contributed by atoms with van der Waals surface area (Å²) in [4.78, 5) is 25.6. The molecule has 6 heteroatoms. The maximum absolute atomic E-state index is 11.9. The van der Waals surface area contributed by atoms with E-state index in [0.29, 0.717) is 11.3 Å². The Kier molecular flexibility index (Phi) is 4.80. The van der Waals surface area contributed by atoms with Gasteiger partial charge < -0.3 is 14.5 Å². The van der Waals surface area contributed by atoms with Gasteiger partial charge in [-0.15, -0.1) is 11.3 Å². The first-order chi connectivity index (χ1) is 9.97. The minimum Gasteiger partial charge on any atom is -0.467 e. The quantitative estimate of drug-likeness (QED) is 0.862. The fourth-order valence-corrected chi connectivity index (χ4v) is 2.85. The lowest BCUT2D eigenvalue weighted by Gasteiger charge is -2.11. The molecular weight excluding hydrogens is 290 g/mol. The molecule has 0 aliphatic rings. The molecule has 2 heterocycles. The van der Waals surface area contributed by atoms with Gasteiger partial charge in [0.25, 0.3) is 5.91 Å². The predicted molar refractivity (Wildman–Crippen MR) is 79.3 cm³/mol. The highest BCUT2D eigenvalue weighted by Gasteiger charge is 2.16. The van der Waals surface area contributed by atoms with E-state index in [1.165, 1.54) is 11.3 Å².